The van der Waals surface area contributed by atoms with E-state index in [9.17, 15) is 19.7 Å². The van der Waals surface area contributed by atoms with Gasteiger partial charge in [0.05, 0.1) is 22.2 Å². The van der Waals surface area contributed by atoms with Crippen molar-refractivity contribution in [1.82, 2.24) is 9.55 Å². The lowest BCUT2D eigenvalue weighted by Gasteiger charge is -2.06. The van der Waals surface area contributed by atoms with Crippen molar-refractivity contribution in [1.29, 1.82) is 0 Å². The first kappa shape index (κ1) is 14.4. The highest BCUT2D eigenvalue weighted by molar-refractivity contribution is 5.81. The molecule has 1 aromatic heterocycles. The Morgan fingerprint density at radius 3 is 2.86 bits per heavy atom. The van der Waals surface area contributed by atoms with Gasteiger partial charge in [0.15, 0.2) is 0 Å². The summed E-state index contributed by atoms with van der Waals surface area (Å²) in [6.45, 7) is 1.62. The average molecular weight is 289 g/mol. The van der Waals surface area contributed by atoms with Crippen LogP contribution in [0.5, 0.6) is 0 Å². The first-order valence-corrected chi connectivity index (χ1v) is 5.92. The lowest BCUT2D eigenvalue weighted by molar-refractivity contribution is -0.384. The van der Waals surface area contributed by atoms with Crippen LogP contribution in [0.1, 0.15) is 6.92 Å². The number of carbonyl (C=O) groups is 1. The minimum Gasteiger partial charge on any atom is -0.478 e. The summed E-state index contributed by atoms with van der Waals surface area (Å²) in [5.74, 6) is -1.11. The fourth-order valence-corrected chi connectivity index (χ4v) is 1.90. The molecule has 0 fully saturated rings. The molecule has 8 heteroatoms. The second kappa shape index (κ2) is 5.53. The third-order valence-corrected chi connectivity index (χ3v) is 2.81. The predicted octanol–water partition coefficient (Wildman–Crippen LogP) is 1.34. The van der Waals surface area contributed by atoms with Gasteiger partial charge in [-0.1, -0.05) is 0 Å². The Morgan fingerprint density at radius 2 is 2.24 bits per heavy atom. The van der Waals surface area contributed by atoms with Gasteiger partial charge in [-0.2, -0.15) is 0 Å². The SMILES string of the molecule is CC(=CC(=O)O)Cn1cnc2ccc([N+](=O)[O-])cc2c1=O. The quantitative estimate of drug-likeness (QED) is 0.516. The van der Waals surface area contributed by atoms with Gasteiger partial charge < -0.3 is 5.11 Å². The molecule has 0 spiro atoms. The van der Waals surface area contributed by atoms with Gasteiger partial charge in [0.1, 0.15) is 0 Å². The van der Waals surface area contributed by atoms with E-state index in [4.69, 9.17) is 5.11 Å². The van der Waals surface area contributed by atoms with Crippen molar-refractivity contribution in [3.63, 3.8) is 0 Å². The number of carboxylic acids is 1. The highest BCUT2D eigenvalue weighted by Gasteiger charge is 2.11. The lowest BCUT2D eigenvalue weighted by Crippen LogP contribution is -2.21. The smallest absolute Gasteiger partial charge is 0.328 e. The summed E-state index contributed by atoms with van der Waals surface area (Å²) in [4.78, 5) is 37.0. The van der Waals surface area contributed by atoms with Gasteiger partial charge in [0.2, 0.25) is 0 Å². The Balaban J connectivity index is 2.52. The summed E-state index contributed by atoms with van der Waals surface area (Å²) >= 11 is 0. The van der Waals surface area contributed by atoms with E-state index in [0.29, 0.717) is 11.1 Å². The molecular formula is C13H11N3O5. The highest BCUT2D eigenvalue weighted by atomic mass is 16.6. The number of nitrogens with zero attached hydrogens (tertiary/aromatic N) is 3. The molecule has 0 aliphatic rings. The molecule has 2 rings (SSSR count). The molecule has 0 amide bonds. The normalized spacial score (nSPS) is 11.6. The standard InChI is InChI=1S/C13H11N3O5/c1-8(4-12(17)18)6-15-7-14-11-3-2-9(16(20)21)5-10(11)13(15)19/h2-5,7H,6H2,1H3,(H,17,18). The molecular weight excluding hydrogens is 278 g/mol. The van der Waals surface area contributed by atoms with Crippen molar-refractivity contribution >= 4 is 22.6 Å². The van der Waals surface area contributed by atoms with Crippen LogP contribution in [0.25, 0.3) is 10.9 Å². The largest absolute Gasteiger partial charge is 0.478 e. The van der Waals surface area contributed by atoms with Gasteiger partial charge in [0.25, 0.3) is 11.2 Å². The molecule has 1 heterocycles. The van der Waals surface area contributed by atoms with Crippen LogP contribution in [-0.4, -0.2) is 25.6 Å². The number of carboxylic acid groups (broad SMARTS) is 1. The molecule has 0 aliphatic carbocycles. The number of hydrogen-bond acceptors (Lipinski definition) is 5. The number of fused-ring (bicyclic) bond motifs is 1. The van der Waals surface area contributed by atoms with Crippen LogP contribution in [-0.2, 0) is 11.3 Å². The zero-order valence-electron chi connectivity index (χ0n) is 11.0. The van der Waals surface area contributed by atoms with E-state index in [1.54, 1.807) is 6.92 Å². The summed E-state index contributed by atoms with van der Waals surface area (Å²) in [6.07, 6.45) is 2.28. The number of nitro groups is 1. The predicted molar refractivity (Wildman–Crippen MR) is 74.1 cm³/mol. The fourth-order valence-electron chi connectivity index (χ4n) is 1.90. The van der Waals surface area contributed by atoms with E-state index < -0.39 is 16.5 Å². The molecule has 0 atom stereocenters. The summed E-state index contributed by atoms with van der Waals surface area (Å²) < 4.78 is 1.21. The van der Waals surface area contributed by atoms with Gasteiger partial charge in [-0.3, -0.25) is 19.5 Å². The molecule has 0 saturated heterocycles. The van der Waals surface area contributed by atoms with Crippen LogP contribution in [0.4, 0.5) is 5.69 Å². The minimum atomic E-state index is -1.11. The van der Waals surface area contributed by atoms with Crippen molar-refractivity contribution in [2.24, 2.45) is 0 Å². The molecule has 1 N–H and O–H groups in total. The molecule has 0 unspecified atom stereocenters. The summed E-state index contributed by atoms with van der Waals surface area (Å²) in [5, 5.41) is 19.5. The van der Waals surface area contributed by atoms with E-state index in [1.165, 1.54) is 23.0 Å². The topological polar surface area (TPSA) is 115 Å². The third-order valence-electron chi connectivity index (χ3n) is 2.81. The van der Waals surface area contributed by atoms with Crippen molar-refractivity contribution in [3.05, 3.63) is 56.6 Å². The van der Waals surface area contributed by atoms with Gasteiger partial charge in [-0.15, -0.1) is 0 Å². The number of non-ortho nitro benzene ring substituents is 1. The molecule has 0 bridgehead atoms. The molecule has 2 aromatic rings. The van der Waals surface area contributed by atoms with E-state index in [0.717, 1.165) is 12.1 Å². The molecule has 21 heavy (non-hydrogen) atoms. The summed E-state index contributed by atoms with van der Waals surface area (Å²) in [5.41, 5.74) is 0.150. The Bertz CT molecular complexity index is 822. The lowest BCUT2D eigenvalue weighted by atomic mass is 10.2. The zero-order valence-corrected chi connectivity index (χ0v) is 11.0. The fraction of sp³-hybridized carbons (Fsp3) is 0.154. The maximum Gasteiger partial charge on any atom is 0.328 e. The number of aromatic nitrogens is 2. The van der Waals surface area contributed by atoms with E-state index in [2.05, 4.69) is 4.98 Å². The maximum atomic E-state index is 12.3. The summed E-state index contributed by atoms with van der Waals surface area (Å²) in [6, 6.07) is 3.84. The van der Waals surface area contributed by atoms with Crippen LogP contribution < -0.4 is 5.56 Å². The van der Waals surface area contributed by atoms with Gasteiger partial charge in [0, 0.05) is 24.8 Å². The number of hydrogen-bond donors (Lipinski definition) is 1. The molecule has 0 aliphatic heterocycles. The average Bonchev–Trinajstić information content (AvgIpc) is 2.40. The van der Waals surface area contributed by atoms with Crippen molar-refractivity contribution in [2.45, 2.75) is 13.5 Å². The van der Waals surface area contributed by atoms with Crippen LogP contribution in [0.15, 0.2) is 41.0 Å². The number of benzene rings is 1. The second-order valence-corrected chi connectivity index (χ2v) is 4.47. The molecule has 0 saturated carbocycles. The monoisotopic (exact) mass is 289 g/mol. The Hall–Kier alpha value is -3.03. The van der Waals surface area contributed by atoms with Crippen LogP contribution in [0, 0.1) is 10.1 Å². The molecule has 1 aromatic carbocycles. The molecule has 0 radical (unpaired) electrons. The second-order valence-electron chi connectivity index (χ2n) is 4.47. The molecule has 108 valence electrons. The molecule has 8 nitrogen and oxygen atoms in total. The number of aliphatic carboxylic acids is 1. The van der Waals surface area contributed by atoms with E-state index in [1.807, 2.05) is 0 Å². The Kier molecular flexibility index (Phi) is 3.79. The van der Waals surface area contributed by atoms with Gasteiger partial charge in [-0.05, 0) is 18.6 Å². The number of nitro benzene ring substituents is 1. The van der Waals surface area contributed by atoms with Crippen molar-refractivity contribution in [2.75, 3.05) is 0 Å². The Labute approximate surface area is 118 Å². The summed E-state index contributed by atoms with van der Waals surface area (Å²) in [7, 11) is 0. The number of allylic oxidation sites excluding steroid dienone is 1. The first-order chi connectivity index (χ1) is 9.88. The van der Waals surface area contributed by atoms with Crippen LogP contribution in [0.3, 0.4) is 0 Å². The van der Waals surface area contributed by atoms with Crippen molar-refractivity contribution < 1.29 is 14.8 Å². The maximum absolute atomic E-state index is 12.3. The van der Waals surface area contributed by atoms with E-state index >= 15 is 0 Å². The third kappa shape index (κ3) is 3.11. The minimum absolute atomic E-state index is 0.0523. The Morgan fingerprint density at radius 1 is 1.52 bits per heavy atom. The highest BCUT2D eigenvalue weighted by Crippen LogP contribution is 2.16. The number of rotatable bonds is 4. The van der Waals surface area contributed by atoms with E-state index in [-0.39, 0.29) is 17.6 Å². The zero-order chi connectivity index (χ0) is 15.6. The van der Waals surface area contributed by atoms with Crippen molar-refractivity contribution in [3.8, 4) is 0 Å². The van der Waals surface area contributed by atoms with Crippen LogP contribution in [0.2, 0.25) is 0 Å². The van der Waals surface area contributed by atoms with Gasteiger partial charge in [-0.25, -0.2) is 9.78 Å². The van der Waals surface area contributed by atoms with Crippen LogP contribution >= 0.6 is 0 Å². The van der Waals surface area contributed by atoms with Gasteiger partial charge >= 0.3 is 5.97 Å². The first-order valence-electron chi connectivity index (χ1n) is 5.92.